The van der Waals surface area contributed by atoms with Gasteiger partial charge < -0.3 is 5.73 Å². The fraction of sp³-hybridized carbons (Fsp3) is 0.647. The Bertz CT molecular complexity index is 390. The van der Waals surface area contributed by atoms with E-state index in [0.29, 0.717) is 6.04 Å². The summed E-state index contributed by atoms with van der Waals surface area (Å²) in [5, 5.41) is 0. The van der Waals surface area contributed by atoms with Crippen molar-refractivity contribution >= 4 is 0 Å². The monoisotopic (exact) mass is 278 g/mol. The summed E-state index contributed by atoms with van der Waals surface area (Å²) in [6.45, 7) is 5.42. The molecule has 1 aromatic carbocycles. The van der Waals surface area contributed by atoms with Crippen LogP contribution in [0.2, 0.25) is 0 Å². The van der Waals surface area contributed by atoms with Gasteiger partial charge in [0.25, 0.3) is 0 Å². The van der Waals surface area contributed by atoms with Crippen molar-refractivity contribution in [3.63, 3.8) is 0 Å². The molecule has 2 N–H and O–H groups in total. The Morgan fingerprint density at radius 2 is 2.10 bits per heavy atom. The second kappa shape index (κ2) is 7.75. The topological polar surface area (TPSA) is 29.3 Å². The van der Waals surface area contributed by atoms with Crippen LogP contribution >= 0.6 is 0 Å². The third kappa shape index (κ3) is 4.88. The van der Waals surface area contributed by atoms with Crippen LogP contribution in [0.15, 0.2) is 24.3 Å². The van der Waals surface area contributed by atoms with Crippen LogP contribution in [-0.2, 0) is 6.54 Å². The van der Waals surface area contributed by atoms with Gasteiger partial charge in [-0.05, 0) is 62.3 Å². The first-order chi connectivity index (χ1) is 9.67. The highest BCUT2D eigenvalue weighted by molar-refractivity contribution is 5.15. The standard InChI is InChI=1S/C17H27FN2/c1-2-17(19)10-7-14-4-3-11-20(12-14)13-15-5-8-16(18)9-6-15/h5-6,8-9,14,17H,2-4,7,10-13,19H2,1H3. The van der Waals surface area contributed by atoms with Crippen molar-refractivity contribution in [1.82, 2.24) is 4.90 Å². The van der Waals surface area contributed by atoms with Gasteiger partial charge in [-0.3, -0.25) is 4.90 Å². The van der Waals surface area contributed by atoms with E-state index in [-0.39, 0.29) is 5.82 Å². The summed E-state index contributed by atoms with van der Waals surface area (Å²) >= 11 is 0. The molecule has 0 saturated carbocycles. The molecule has 1 heterocycles. The molecule has 2 unspecified atom stereocenters. The third-order valence-electron chi connectivity index (χ3n) is 4.39. The minimum Gasteiger partial charge on any atom is -0.328 e. The Labute approximate surface area is 122 Å². The van der Waals surface area contributed by atoms with Gasteiger partial charge in [-0.25, -0.2) is 4.39 Å². The highest BCUT2D eigenvalue weighted by Crippen LogP contribution is 2.23. The molecule has 0 bridgehead atoms. The third-order valence-corrected chi connectivity index (χ3v) is 4.39. The SMILES string of the molecule is CCC(N)CCC1CCCN(Cc2ccc(F)cc2)C1. The molecule has 20 heavy (non-hydrogen) atoms. The van der Waals surface area contributed by atoms with E-state index in [4.69, 9.17) is 5.73 Å². The molecule has 1 aliphatic heterocycles. The Morgan fingerprint density at radius 1 is 1.35 bits per heavy atom. The molecule has 2 rings (SSSR count). The number of rotatable bonds is 6. The van der Waals surface area contributed by atoms with Crippen LogP contribution in [0.3, 0.4) is 0 Å². The second-order valence-electron chi connectivity index (χ2n) is 6.12. The zero-order valence-corrected chi connectivity index (χ0v) is 12.5. The molecule has 0 aliphatic carbocycles. The number of piperidine rings is 1. The Kier molecular flexibility index (Phi) is 5.99. The summed E-state index contributed by atoms with van der Waals surface area (Å²) in [5.41, 5.74) is 7.22. The number of nitrogens with two attached hydrogens (primary N) is 1. The highest BCUT2D eigenvalue weighted by Gasteiger charge is 2.20. The van der Waals surface area contributed by atoms with Crippen molar-refractivity contribution in [2.45, 2.75) is 51.6 Å². The maximum absolute atomic E-state index is 12.9. The molecule has 1 saturated heterocycles. The lowest BCUT2D eigenvalue weighted by Gasteiger charge is -2.33. The quantitative estimate of drug-likeness (QED) is 0.862. The van der Waals surface area contributed by atoms with Gasteiger partial charge in [0, 0.05) is 19.1 Å². The van der Waals surface area contributed by atoms with Gasteiger partial charge in [0.05, 0.1) is 0 Å². The van der Waals surface area contributed by atoms with E-state index in [0.717, 1.165) is 38.4 Å². The van der Waals surface area contributed by atoms with E-state index in [1.165, 1.54) is 24.8 Å². The van der Waals surface area contributed by atoms with E-state index < -0.39 is 0 Å². The number of nitrogens with zero attached hydrogens (tertiary/aromatic N) is 1. The predicted molar refractivity (Wildman–Crippen MR) is 81.9 cm³/mol. The van der Waals surface area contributed by atoms with Gasteiger partial charge in [0.15, 0.2) is 0 Å². The second-order valence-corrected chi connectivity index (χ2v) is 6.12. The number of hydrogen-bond donors (Lipinski definition) is 1. The first kappa shape index (κ1) is 15.5. The Morgan fingerprint density at radius 3 is 2.80 bits per heavy atom. The largest absolute Gasteiger partial charge is 0.328 e. The molecule has 2 nitrogen and oxygen atoms in total. The summed E-state index contributed by atoms with van der Waals surface area (Å²) in [4.78, 5) is 2.50. The average Bonchev–Trinajstić information content (AvgIpc) is 2.47. The van der Waals surface area contributed by atoms with E-state index in [9.17, 15) is 4.39 Å². The average molecular weight is 278 g/mol. The van der Waals surface area contributed by atoms with Crippen molar-refractivity contribution < 1.29 is 4.39 Å². The van der Waals surface area contributed by atoms with Crippen LogP contribution in [0, 0.1) is 11.7 Å². The maximum Gasteiger partial charge on any atom is 0.123 e. The minimum atomic E-state index is -0.154. The molecular formula is C17H27FN2. The van der Waals surface area contributed by atoms with Crippen molar-refractivity contribution in [2.75, 3.05) is 13.1 Å². The van der Waals surface area contributed by atoms with E-state index in [1.54, 1.807) is 12.1 Å². The van der Waals surface area contributed by atoms with Crippen LogP contribution in [0.5, 0.6) is 0 Å². The van der Waals surface area contributed by atoms with Gasteiger partial charge >= 0.3 is 0 Å². The lowest BCUT2D eigenvalue weighted by Crippen LogP contribution is -2.35. The summed E-state index contributed by atoms with van der Waals surface area (Å²) < 4.78 is 12.9. The summed E-state index contributed by atoms with van der Waals surface area (Å²) in [7, 11) is 0. The van der Waals surface area contributed by atoms with Crippen LogP contribution in [0.1, 0.15) is 44.6 Å². The fourth-order valence-corrected chi connectivity index (χ4v) is 3.03. The van der Waals surface area contributed by atoms with E-state index >= 15 is 0 Å². The molecule has 2 atom stereocenters. The van der Waals surface area contributed by atoms with Crippen LogP contribution in [-0.4, -0.2) is 24.0 Å². The summed E-state index contributed by atoms with van der Waals surface area (Å²) in [6, 6.07) is 7.26. The van der Waals surface area contributed by atoms with E-state index in [2.05, 4.69) is 11.8 Å². The number of likely N-dealkylation sites (tertiary alicyclic amines) is 1. The molecule has 0 radical (unpaired) electrons. The molecule has 1 fully saturated rings. The van der Waals surface area contributed by atoms with Crippen molar-refractivity contribution in [1.29, 1.82) is 0 Å². The highest BCUT2D eigenvalue weighted by atomic mass is 19.1. The smallest absolute Gasteiger partial charge is 0.123 e. The minimum absolute atomic E-state index is 0.154. The Balaban J connectivity index is 1.79. The van der Waals surface area contributed by atoms with Crippen LogP contribution in [0.4, 0.5) is 4.39 Å². The van der Waals surface area contributed by atoms with Gasteiger partial charge in [-0.2, -0.15) is 0 Å². The molecule has 0 aromatic heterocycles. The fourth-order valence-electron chi connectivity index (χ4n) is 3.03. The summed E-state index contributed by atoms with van der Waals surface area (Å²) in [6.07, 6.45) is 6.07. The number of benzene rings is 1. The van der Waals surface area contributed by atoms with Gasteiger partial charge in [0.2, 0.25) is 0 Å². The number of halogens is 1. The molecule has 1 aliphatic rings. The lowest BCUT2D eigenvalue weighted by atomic mass is 9.91. The molecule has 3 heteroatoms. The number of hydrogen-bond acceptors (Lipinski definition) is 2. The zero-order chi connectivity index (χ0) is 14.4. The first-order valence-electron chi connectivity index (χ1n) is 7.89. The maximum atomic E-state index is 12.9. The van der Waals surface area contributed by atoms with Gasteiger partial charge in [-0.15, -0.1) is 0 Å². The molecule has 1 aromatic rings. The first-order valence-corrected chi connectivity index (χ1v) is 7.89. The van der Waals surface area contributed by atoms with Gasteiger partial charge in [0.1, 0.15) is 5.82 Å². The van der Waals surface area contributed by atoms with Crippen molar-refractivity contribution in [3.05, 3.63) is 35.6 Å². The van der Waals surface area contributed by atoms with Crippen LogP contribution < -0.4 is 5.73 Å². The Hall–Kier alpha value is -0.930. The van der Waals surface area contributed by atoms with Gasteiger partial charge in [-0.1, -0.05) is 19.1 Å². The van der Waals surface area contributed by atoms with Crippen molar-refractivity contribution in [2.24, 2.45) is 11.7 Å². The van der Waals surface area contributed by atoms with E-state index in [1.807, 2.05) is 12.1 Å². The normalized spacial score (nSPS) is 21.9. The molecular weight excluding hydrogens is 251 g/mol. The van der Waals surface area contributed by atoms with Crippen molar-refractivity contribution in [3.8, 4) is 0 Å². The molecule has 112 valence electrons. The molecule has 0 amide bonds. The molecule has 0 spiro atoms. The van der Waals surface area contributed by atoms with Crippen LogP contribution in [0.25, 0.3) is 0 Å². The predicted octanol–water partition coefficient (Wildman–Crippen LogP) is 3.56. The lowest BCUT2D eigenvalue weighted by molar-refractivity contribution is 0.158. The zero-order valence-electron chi connectivity index (χ0n) is 12.5. The summed E-state index contributed by atoms with van der Waals surface area (Å²) in [5.74, 6) is 0.626.